The van der Waals surface area contributed by atoms with Crippen molar-refractivity contribution in [2.75, 3.05) is 31.1 Å². The third kappa shape index (κ3) is 5.64. The number of ether oxygens (including phenoxy) is 1. The van der Waals surface area contributed by atoms with Crippen molar-refractivity contribution in [1.29, 1.82) is 0 Å². The van der Waals surface area contributed by atoms with Crippen LogP contribution in [-0.2, 0) is 16.4 Å². The molecule has 8 nitrogen and oxygen atoms in total. The largest absolute Gasteiger partial charge is 0.486 e. The number of rotatable bonds is 7. The average molecular weight is 544 g/mol. The molecule has 5 rings (SSSR count). The quantitative estimate of drug-likeness (QED) is 0.470. The maximum absolute atomic E-state index is 14.9. The van der Waals surface area contributed by atoms with E-state index in [1.165, 1.54) is 6.07 Å². The second-order valence-electron chi connectivity index (χ2n) is 9.89. The average Bonchev–Trinajstić information content (AvgIpc) is 2.90. The Balaban J connectivity index is 1.37. The van der Waals surface area contributed by atoms with Crippen molar-refractivity contribution in [3.8, 4) is 17.0 Å². The van der Waals surface area contributed by atoms with Gasteiger partial charge in [0.15, 0.2) is 17.4 Å². The number of sulfonamides is 1. The Bertz CT molecular complexity index is 1410. The zero-order valence-electron chi connectivity index (χ0n) is 21.4. The van der Waals surface area contributed by atoms with E-state index < -0.39 is 21.7 Å². The summed E-state index contributed by atoms with van der Waals surface area (Å²) in [6.07, 6.45) is 2.83. The molecule has 2 N–H and O–H groups in total. The topological polar surface area (TPSA) is 96.5 Å². The number of halogens is 2. The second kappa shape index (κ2) is 10.9. The smallest absolute Gasteiger partial charge is 0.240 e. The van der Waals surface area contributed by atoms with Crippen LogP contribution in [0.3, 0.4) is 0 Å². The summed E-state index contributed by atoms with van der Waals surface area (Å²) in [4.78, 5) is 10.7. The first-order chi connectivity index (χ1) is 18.2. The van der Waals surface area contributed by atoms with Crippen molar-refractivity contribution >= 4 is 15.7 Å². The van der Waals surface area contributed by atoms with Gasteiger partial charge in [-0.3, -0.25) is 0 Å². The van der Waals surface area contributed by atoms with E-state index in [9.17, 15) is 17.2 Å². The molecule has 0 atom stereocenters. The standard InChI is InChI=1S/C27H31F2N5O3S/c1-17(2)34-11-12-37-27-22(28)14-19(15-24(27)34)26-23(29)16-31-25(32-26)13-18-3-5-21(6-4-18)38(35,36)33-20-7-9-30-10-8-20/h3-6,14-17,20,30,33H,7-13H2,1-2H3. The van der Waals surface area contributed by atoms with Crippen LogP contribution in [0.4, 0.5) is 14.5 Å². The summed E-state index contributed by atoms with van der Waals surface area (Å²) >= 11 is 0. The number of benzene rings is 2. The highest BCUT2D eigenvalue weighted by Gasteiger charge is 2.26. The summed E-state index contributed by atoms with van der Waals surface area (Å²) in [6, 6.07) is 9.43. The lowest BCUT2D eigenvalue weighted by atomic mass is 10.1. The summed E-state index contributed by atoms with van der Waals surface area (Å²) in [5, 5.41) is 3.21. The lowest BCUT2D eigenvalue weighted by molar-refractivity contribution is 0.287. The molecule has 0 saturated carbocycles. The molecular formula is C27H31F2N5O3S. The van der Waals surface area contributed by atoms with Crippen LogP contribution >= 0.6 is 0 Å². The number of hydrogen-bond donors (Lipinski definition) is 2. The lowest BCUT2D eigenvalue weighted by Gasteiger charge is -2.34. The third-order valence-corrected chi connectivity index (χ3v) is 8.40. The van der Waals surface area contributed by atoms with Crippen LogP contribution in [0.1, 0.15) is 38.1 Å². The van der Waals surface area contributed by atoms with Crippen LogP contribution in [0.5, 0.6) is 5.75 Å². The Hall–Kier alpha value is -3.15. The summed E-state index contributed by atoms with van der Waals surface area (Å²) in [5.74, 6) is -0.739. The molecule has 38 heavy (non-hydrogen) atoms. The molecule has 2 aliphatic rings. The van der Waals surface area contributed by atoms with Gasteiger partial charge in [0, 0.05) is 24.1 Å². The zero-order valence-corrected chi connectivity index (χ0v) is 22.2. The molecule has 0 radical (unpaired) electrons. The molecule has 3 heterocycles. The Morgan fingerprint density at radius 1 is 1.13 bits per heavy atom. The van der Waals surface area contributed by atoms with Crippen molar-refractivity contribution in [1.82, 2.24) is 20.0 Å². The molecule has 0 aliphatic carbocycles. The van der Waals surface area contributed by atoms with E-state index in [-0.39, 0.29) is 34.8 Å². The molecule has 11 heteroatoms. The van der Waals surface area contributed by atoms with Gasteiger partial charge in [-0.2, -0.15) is 0 Å². The molecule has 1 fully saturated rings. The van der Waals surface area contributed by atoms with Gasteiger partial charge >= 0.3 is 0 Å². The Kier molecular flexibility index (Phi) is 7.60. The van der Waals surface area contributed by atoms with Crippen molar-refractivity contribution < 1.29 is 21.9 Å². The number of piperidine rings is 1. The fourth-order valence-corrected chi connectivity index (χ4v) is 6.17. The maximum atomic E-state index is 14.9. The number of nitrogens with zero attached hydrogens (tertiary/aromatic N) is 3. The molecule has 202 valence electrons. The van der Waals surface area contributed by atoms with Gasteiger partial charge in [0.2, 0.25) is 10.0 Å². The van der Waals surface area contributed by atoms with Crippen molar-refractivity contribution in [2.24, 2.45) is 0 Å². The SMILES string of the molecule is CC(C)N1CCOc2c(F)cc(-c3nc(Cc4ccc(S(=O)(=O)NC5CCNCC5)cc4)ncc3F)cc21. The van der Waals surface area contributed by atoms with E-state index in [0.717, 1.165) is 37.7 Å². The van der Waals surface area contributed by atoms with E-state index in [0.29, 0.717) is 30.2 Å². The van der Waals surface area contributed by atoms with Crippen LogP contribution in [0, 0.1) is 11.6 Å². The van der Waals surface area contributed by atoms with Gasteiger partial charge in [-0.15, -0.1) is 0 Å². The molecule has 3 aromatic rings. The van der Waals surface area contributed by atoms with Crippen LogP contribution in [0.2, 0.25) is 0 Å². The minimum absolute atomic E-state index is 0.00338. The van der Waals surface area contributed by atoms with Crippen molar-refractivity contribution in [3.63, 3.8) is 0 Å². The predicted molar refractivity (Wildman–Crippen MR) is 141 cm³/mol. The van der Waals surface area contributed by atoms with Crippen LogP contribution < -0.4 is 19.7 Å². The van der Waals surface area contributed by atoms with Gasteiger partial charge in [0.1, 0.15) is 18.1 Å². The Labute approximate surface area is 221 Å². The van der Waals surface area contributed by atoms with E-state index in [1.807, 2.05) is 18.7 Å². The maximum Gasteiger partial charge on any atom is 0.240 e. The number of hydrogen-bond acceptors (Lipinski definition) is 7. The predicted octanol–water partition coefficient (Wildman–Crippen LogP) is 3.65. The molecule has 1 saturated heterocycles. The molecular weight excluding hydrogens is 512 g/mol. The van der Waals surface area contributed by atoms with Crippen molar-refractivity contribution in [2.45, 2.75) is 50.1 Å². The molecule has 2 aliphatic heterocycles. The molecule has 0 unspecified atom stereocenters. The fraction of sp³-hybridized carbons (Fsp3) is 0.407. The molecule has 1 aromatic heterocycles. The fourth-order valence-electron chi connectivity index (χ4n) is 4.86. The number of fused-ring (bicyclic) bond motifs is 1. The Morgan fingerprint density at radius 3 is 2.58 bits per heavy atom. The van der Waals surface area contributed by atoms with E-state index >= 15 is 0 Å². The molecule has 2 aromatic carbocycles. The van der Waals surface area contributed by atoms with Gasteiger partial charge in [-0.25, -0.2) is 31.9 Å². The van der Waals surface area contributed by atoms with Crippen LogP contribution in [0.25, 0.3) is 11.3 Å². The van der Waals surface area contributed by atoms with Gasteiger partial charge < -0.3 is 15.0 Å². The van der Waals surface area contributed by atoms with Gasteiger partial charge in [-0.05, 0) is 69.6 Å². The highest BCUT2D eigenvalue weighted by Crippen LogP contribution is 2.39. The van der Waals surface area contributed by atoms with Crippen LogP contribution in [0.15, 0.2) is 47.5 Å². The highest BCUT2D eigenvalue weighted by molar-refractivity contribution is 7.89. The first-order valence-corrected chi connectivity index (χ1v) is 14.3. The van der Waals surface area contributed by atoms with Crippen LogP contribution in [-0.4, -0.2) is 56.7 Å². The second-order valence-corrected chi connectivity index (χ2v) is 11.6. The van der Waals surface area contributed by atoms with Gasteiger partial charge in [-0.1, -0.05) is 12.1 Å². The number of anilines is 1. The third-order valence-electron chi connectivity index (χ3n) is 6.86. The molecule has 0 spiro atoms. The summed E-state index contributed by atoms with van der Waals surface area (Å²) in [5.41, 5.74) is 1.62. The monoisotopic (exact) mass is 543 g/mol. The minimum Gasteiger partial charge on any atom is -0.486 e. The summed E-state index contributed by atoms with van der Waals surface area (Å²) in [6.45, 7) is 6.55. The van der Waals surface area contributed by atoms with Gasteiger partial charge in [0.05, 0.1) is 23.3 Å². The lowest BCUT2D eigenvalue weighted by Crippen LogP contribution is -2.42. The molecule has 0 amide bonds. The Morgan fingerprint density at radius 2 is 1.87 bits per heavy atom. The van der Waals surface area contributed by atoms with E-state index in [4.69, 9.17) is 4.74 Å². The van der Waals surface area contributed by atoms with E-state index in [1.54, 1.807) is 30.3 Å². The summed E-state index contributed by atoms with van der Waals surface area (Å²) < 4.78 is 63.6. The number of nitrogens with one attached hydrogen (secondary N) is 2. The highest BCUT2D eigenvalue weighted by atomic mass is 32.2. The van der Waals surface area contributed by atoms with Crippen molar-refractivity contribution in [3.05, 3.63) is 65.6 Å². The normalized spacial score (nSPS) is 16.4. The number of aromatic nitrogens is 2. The minimum atomic E-state index is -3.63. The summed E-state index contributed by atoms with van der Waals surface area (Å²) in [7, 11) is -3.63. The van der Waals surface area contributed by atoms with E-state index in [2.05, 4.69) is 20.0 Å². The first-order valence-electron chi connectivity index (χ1n) is 12.8. The van der Waals surface area contributed by atoms with Gasteiger partial charge in [0.25, 0.3) is 0 Å². The zero-order chi connectivity index (χ0) is 26.9. The first kappa shape index (κ1) is 26.5. The molecule has 0 bridgehead atoms.